The lowest BCUT2D eigenvalue weighted by Gasteiger charge is -2.31. The number of allylic oxidation sites excluding steroid dienone is 6. The molecule has 2 aliphatic rings. The van der Waals surface area contributed by atoms with Gasteiger partial charge in [0.2, 0.25) is 0 Å². The minimum atomic E-state index is -5.04. The number of carboxylic acids is 1. The summed E-state index contributed by atoms with van der Waals surface area (Å²) in [7, 11) is -18.6. The van der Waals surface area contributed by atoms with Crippen LogP contribution < -0.4 is 9.47 Å². The highest BCUT2D eigenvalue weighted by Gasteiger charge is 2.45. The number of benzene rings is 2. The van der Waals surface area contributed by atoms with Gasteiger partial charge in [-0.05, 0) is 108 Å². The van der Waals surface area contributed by atoms with E-state index in [0.29, 0.717) is 60.2 Å². The number of hydrogen-bond acceptors (Lipinski definition) is 11. The molecule has 2 aliphatic heterocycles. The highest BCUT2D eigenvalue weighted by molar-refractivity contribution is 9.10. The number of pyridine rings is 1. The molecule has 3 aromatic rings. The van der Waals surface area contributed by atoms with Crippen LogP contribution in [-0.2, 0) is 62.6 Å². The quantitative estimate of drug-likeness (QED) is 0.0392. The highest BCUT2D eigenvalue weighted by atomic mass is 79.9. The molecule has 0 saturated carbocycles. The summed E-state index contributed by atoms with van der Waals surface area (Å²) in [5.41, 5.74) is 1.32. The second kappa shape index (κ2) is 18.1. The third-order valence-corrected chi connectivity index (χ3v) is 14.6. The molecular formula is C39H47BrN3O14S4+. The van der Waals surface area contributed by atoms with Crippen molar-refractivity contribution in [3.8, 4) is 0 Å². The Hall–Kier alpha value is -3.87. The number of unbranched alkanes of at least 4 members (excludes halogenated alkanes) is 2. The van der Waals surface area contributed by atoms with Crippen LogP contribution in [0.5, 0.6) is 0 Å². The number of rotatable bonds is 19. The molecule has 1 atom stereocenters. The van der Waals surface area contributed by atoms with Crippen LogP contribution in [0.3, 0.4) is 0 Å². The predicted molar refractivity (Wildman–Crippen MR) is 232 cm³/mol. The second-order valence-corrected chi connectivity index (χ2v) is 22.5. The number of aromatic nitrogens is 1. The van der Waals surface area contributed by atoms with E-state index in [9.17, 15) is 61.8 Å². The number of aliphatic imine (C=N–C) groups is 1. The van der Waals surface area contributed by atoms with Gasteiger partial charge in [-0.25, -0.2) is 4.57 Å². The van der Waals surface area contributed by atoms with Crippen molar-refractivity contribution in [3.05, 3.63) is 88.2 Å². The second-order valence-electron chi connectivity index (χ2n) is 15.7. The van der Waals surface area contributed by atoms with Crippen LogP contribution in [0.15, 0.2) is 91.9 Å². The van der Waals surface area contributed by atoms with Crippen molar-refractivity contribution >= 4 is 90.4 Å². The lowest BCUT2D eigenvalue weighted by atomic mass is 9.75. The minimum absolute atomic E-state index is 0.0224. The zero-order valence-corrected chi connectivity index (χ0v) is 38.2. The Morgan fingerprint density at radius 2 is 1.49 bits per heavy atom. The third-order valence-electron chi connectivity index (χ3n) is 10.8. The maximum atomic E-state index is 12.6. The number of carboxylic acid groups (broad SMARTS) is 1. The lowest BCUT2D eigenvalue weighted by molar-refractivity contribution is -0.684. The van der Waals surface area contributed by atoms with E-state index < -0.39 is 78.6 Å². The fourth-order valence-corrected chi connectivity index (χ4v) is 10.8. The Morgan fingerprint density at radius 3 is 2.11 bits per heavy atom. The lowest BCUT2D eigenvalue weighted by Crippen LogP contribution is -2.36. The fourth-order valence-electron chi connectivity index (χ4n) is 7.96. The number of aryl methyl sites for hydroxylation is 1. The van der Waals surface area contributed by atoms with Gasteiger partial charge in [0.25, 0.3) is 40.5 Å². The summed E-state index contributed by atoms with van der Waals surface area (Å²) in [5.74, 6) is -1.36. The van der Waals surface area contributed by atoms with E-state index in [1.807, 2.05) is 37.5 Å². The summed E-state index contributed by atoms with van der Waals surface area (Å²) in [6.45, 7) is 6.08. The van der Waals surface area contributed by atoms with Crippen LogP contribution in [-0.4, -0.2) is 86.7 Å². The summed E-state index contributed by atoms with van der Waals surface area (Å²) in [6, 6.07) is 6.62. The topological polar surface area (TPSA) is 274 Å². The van der Waals surface area contributed by atoms with Gasteiger partial charge in [-0.15, -0.1) is 0 Å². The summed E-state index contributed by atoms with van der Waals surface area (Å²) >= 11 is 3.52. The molecule has 17 nitrogen and oxygen atoms in total. The van der Waals surface area contributed by atoms with E-state index in [-0.39, 0.29) is 43.1 Å². The Labute approximate surface area is 363 Å². The number of fused-ring (bicyclic) bond motifs is 4. The monoisotopic (exact) mass is 988 g/mol. The van der Waals surface area contributed by atoms with Crippen LogP contribution in [0.2, 0.25) is 0 Å². The number of nitrogens with zero attached hydrogens (tertiary/aromatic N) is 3. The maximum absolute atomic E-state index is 12.6. The maximum Gasteiger partial charge on any atom is 0.327 e. The molecule has 22 heteroatoms. The number of aliphatic carboxylic acids is 1. The van der Waals surface area contributed by atoms with Crippen LogP contribution in [0.1, 0.15) is 76.8 Å². The fraction of sp³-hybridized carbons (Fsp3) is 0.410. The van der Waals surface area contributed by atoms with Crippen LogP contribution in [0, 0.1) is 0 Å². The first-order chi connectivity index (χ1) is 28.1. The number of carbonyl (C=O) groups is 1. The molecule has 1 unspecified atom stereocenters. The molecule has 0 amide bonds. The summed E-state index contributed by atoms with van der Waals surface area (Å²) < 4.78 is 138. The smallest absolute Gasteiger partial charge is 0.327 e. The molecule has 332 valence electrons. The van der Waals surface area contributed by atoms with Crippen LogP contribution >= 0.6 is 15.9 Å². The van der Waals surface area contributed by atoms with E-state index in [1.165, 1.54) is 6.07 Å². The van der Waals surface area contributed by atoms with Gasteiger partial charge in [-0.2, -0.15) is 33.7 Å². The van der Waals surface area contributed by atoms with Crippen molar-refractivity contribution in [2.75, 3.05) is 23.0 Å². The Balaban J connectivity index is 1.62. The van der Waals surface area contributed by atoms with Crippen molar-refractivity contribution in [1.29, 1.82) is 0 Å². The summed E-state index contributed by atoms with van der Waals surface area (Å²) in [5, 5.41) is 9.25. The number of anilines is 1. The van der Waals surface area contributed by atoms with Crippen molar-refractivity contribution in [2.45, 2.75) is 92.9 Å². The molecule has 0 spiro atoms. The highest BCUT2D eigenvalue weighted by Crippen LogP contribution is 2.54. The zero-order valence-electron chi connectivity index (χ0n) is 33.4. The first kappa shape index (κ1) is 48.2. The molecule has 2 aromatic carbocycles. The molecule has 5 N–H and O–H groups in total. The first-order valence-corrected chi connectivity index (χ1v) is 25.9. The van der Waals surface area contributed by atoms with Crippen molar-refractivity contribution < 1.29 is 66.4 Å². The molecule has 1 aromatic heterocycles. The van der Waals surface area contributed by atoms with E-state index in [1.54, 1.807) is 41.5 Å². The molecule has 0 bridgehead atoms. The van der Waals surface area contributed by atoms with Crippen LogP contribution in [0.4, 0.5) is 11.5 Å². The number of halogens is 1. The standard InChI is InChI=1S/C39H46BrN3O14S4/c1-38(2)30-22-26(40)25-42(18-10-20-58(46,47)48)37(30)41-33(38)12-6-4-7-13-34-39(3,17-9-5-8-14-35(44)45)36-29-23-27(60(52,53)54)24-32(61(55,56)57)28(29)15-16-31(36)43(34)19-11-21-59(49,50)51/h4,6-7,12-13,15-16,22-25H,5,8-11,14,17-21H2,1-3H3,(H4-,44,45,46,47,48,49,50,51,52,53,54,55,56,57)/p+1. The minimum Gasteiger partial charge on any atom is -0.481 e. The molecule has 0 saturated heterocycles. The van der Waals surface area contributed by atoms with E-state index in [0.717, 1.165) is 16.1 Å². The van der Waals surface area contributed by atoms with Gasteiger partial charge in [0, 0.05) is 41.6 Å². The molecule has 61 heavy (non-hydrogen) atoms. The van der Waals surface area contributed by atoms with Gasteiger partial charge < -0.3 is 10.0 Å². The molecule has 0 radical (unpaired) electrons. The summed E-state index contributed by atoms with van der Waals surface area (Å²) in [6.07, 6.45) is 12.1. The number of hydrogen-bond donors (Lipinski definition) is 5. The Kier molecular flexibility index (Phi) is 14.3. The Bertz CT molecular complexity index is 2840. The van der Waals surface area contributed by atoms with Gasteiger partial charge >= 0.3 is 11.8 Å². The van der Waals surface area contributed by atoms with Gasteiger partial charge in [0.05, 0.1) is 38.4 Å². The first-order valence-electron chi connectivity index (χ1n) is 19.0. The molecule has 0 aliphatic carbocycles. The average molecular weight is 990 g/mol. The zero-order chi connectivity index (χ0) is 45.3. The van der Waals surface area contributed by atoms with Crippen molar-refractivity contribution in [1.82, 2.24) is 0 Å². The van der Waals surface area contributed by atoms with E-state index in [2.05, 4.69) is 15.9 Å². The summed E-state index contributed by atoms with van der Waals surface area (Å²) in [4.78, 5) is 16.3. The normalized spacial score (nSPS) is 18.7. The molecular weight excluding hydrogens is 943 g/mol. The largest absolute Gasteiger partial charge is 0.481 e. The molecule has 3 heterocycles. The third kappa shape index (κ3) is 11.4. The van der Waals surface area contributed by atoms with Gasteiger partial charge in [-0.1, -0.05) is 37.1 Å². The van der Waals surface area contributed by atoms with Crippen molar-refractivity contribution in [2.24, 2.45) is 4.99 Å². The Morgan fingerprint density at radius 1 is 0.820 bits per heavy atom. The molecule has 5 rings (SSSR count). The van der Waals surface area contributed by atoms with Crippen LogP contribution in [0.25, 0.3) is 10.8 Å². The van der Waals surface area contributed by atoms with E-state index >= 15 is 0 Å². The van der Waals surface area contributed by atoms with E-state index in [4.69, 9.17) is 4.99 Å². The van der Waals surface area contributed by atoms with Crippen molar-refractivity contribution in [3.63, 3.8) is 0 Å². The van der Waals surface area contributed by atoms with Gasteiger partial charge in [-0.3, -0.25) is 23.0 Å². The SMILES string of the molecule is CC1(C)C(/C=C/C=C/C=C2\N(CCCS(=O)(=O)O)c3ccc4c(S(=O)(=O)O)cc(S(=O)(=O)O)cc4c3C2(C)CCCCCC(=O)O)=Nc2c1cc(Br)c[n+]2CCCS(=O)(=O)O. The van der Waals surface area contributed by atoms with Gasteiger partial charge in [0.15, 0.2) is 5.71 Å². The predicted octanol–water partition coefficient (Wildman–Crippen LogP) is 6.11. The average Bonchev–Trinajstić information content (AvgIpc) is 3.51. The van der Waals surface area contributed by atoms with Gasteiger partial charge in [0.1, 0.15) is 11.1 Å². The molecule has 0 fully saturated rings.